The van der Waals surface area contributed by atoms with E-state index in [1.807, 2.05) is 0 Å². The van der Waals surface area contributed by atoms with E-state index in [0.717, 1.165) is 5.56 Å². The first-order valence-corrected chi connectivity index (χ1v) is 6.99. The monoisotopic (exact) mass is 315 g/mol. The number of carbonyl (C=O) groups excluding carboxylic acids is 1. The maximum Gasteiger partial charge on any atom is 0.225 e. The Morgan fingerprint density at radius 3 is 2.52 bits per heavy atom. The van der Waals surface area contributed by atoms with Crippen molar-refractivity contribution in [2.24, 2.45) is 0 Å². The molecule has 1 amide bonds. The van der Waals surface area contributed by atoms with Crippen LogP contribution in [0.3, 0.4) is 0 Å². The van der Waals surface area contributed by atoms with Crippen molar-refractivity contribution in [3.63, 3.8) is 0 Å². The molecule has 0 aliphatic carbocycles. The lowest BCUT2D eigenvalue weighted by atomic mass is 10.1. The summed E-state index contributed by atoms with van der Waals surface area (Å²) in [5.74, 6) is 4.55. The lowest BCUT2D eigenvalue weighted by Gasteiger charge is -2.02. The largest absolute Gasteiger partial charge is 0.478 e. The van der Waals surface area contributed by atoms with Gasteiger partial charge in [0.15, 0.2) is 11.6 Å². The number of rotatable bonds is 5. The molecule has 0 saturated carbocycles. The van der Waals surface area contributed by atoms with Crippen molar-refractivity contribution >= 4 is 5.91 Å². The molecule has 0 atom stereocenters. The predicted octanol–water partition coefficient (Wildman–Crippen LogP) is 2.71. The SMILES string of the molecule is O=C(Cc1ccc(F)cc1)NCC#CCOc1ccccc1F. The molecule has 2 rings (SSSR count). The minimum absolute atomic E-state index is 0.0365. The van der Waals surface area contributed by atoms with Gasteiger partial charge in [0, 0.05) is 0 Å². The number of carbonyl (C=O) groups is 1. The highest BCUT2D eigenvalue weighted by Gasteiger charge is 2.02. The maximum atomic E-state index is 13.2. The van der Waals surface area contributed by atoms with Crippen LogP contribution in [0.5, 0.6) is 5.75 Å². The molecule has 0 aromatic heterocycles. The minimum Gasteiger partial charge on any atom is -0.478 e. The number of hydrogen-bond donors (Lipinski definition) is 1. The Morgan fingerprint density at radius 2 is 1.78 bits per heavy atom. The second-order valence-corrected chi connectivity index (χ2v) is 4.65. The third kappa shape index (κ3) is 5.79. The van der Waals surface area contributed by atoms with Crippen LogP contribution in [0.4, 0.5) is 8.78 Å². The minimum atomic E-state index is -0.443. The Morgan fingerprint density at radius 1 is 1.04 bits per heavy atom. The number of hydrogen-bond acceptors (Lipinski definition) is 2. The zero-order valence-corrected chi connectivity index (χ0v) is 12.3. The van der Waals surface area contributed by atoms with Crippen molar-refractivity contribution in [2.75, 3.05) is 13.2 Å². The van der Waals surface area contributed by atoms with Crippen LogP contribution >= 0.6 is 0 Å². The molecular formula is C18H15F2NO2. The number of halogens is 2. The van der Waals surface area contributed by atoms with E-state index in [4.69, 9.17) is 4.74 Å². The molecule has 2 aromatic carbocycles. The van der Waals surface area contributed by atoms with Gasteiger partial charge in [-0.2, -0.15) is 0 Å². The summed E-state index contributed by atoms with van der Waals surface area (Å²) in [7, 11) is 0. The topological polar surface area (TPSA) is 38.3 Å². The van der Waals surface area contributed by atoms with Crippen molar-refractivity contribution in [2.45, 2.75) is 6.42 Å². The Bertz CT molecular complexity index is 718. The number of para-hydroxylation sites is 1. The van der Waals surface area contributed by atoms with Crippen molar-refractivity contribution in [1.82, 2.24) is 5.32 Å². The van der Waals surface area contributed by atoms with Gasteiger partial charge in [0.25, 0.3) is 0 Å². The van der Waals surface area contributed by atoms with E-state index in [0.29, 0.717) is 0 Å². The Labute approximate surface area is 133 Å². The van der Waals surface area contributed by atoms with Crippen molar-refractivity contribution in [3.05, 3.63) is 65.7 Å². The first-order chi connectivity index (χ1) is 11.1. The molecule has 0 bridgehead atoms. The molecule has 0 aliphatic rings. The van der Waals surface area contributed by atoms with Crippen LogP contribution in [0.1, 0.15) is 5.56 Å². The molecule has 2 aromatic rings. The fraction of sp³-hybridized carbons (Fsp3) is 0.167. The second kappa shape index (κ2) is 8.54. The summed E-state index contributed by atoms with van der Waals surface area (Å²) in [6.07, 6.45) is 0.160. The Hall–Kier alpha value is -2.87. The van der Waals surface area contributed by atoms with E-state index in [2.05, 4.69) is 17.2 Å². The predicted molar refractivity (Wildman–Crippen MR) is 82.8 cm³/mol. The van der Waals surface area contributed by atoms with Crippen LogP contribution in [0.2, 0.25) is 0 Å². The highest BCUT2D eigenvalue weighted by atomic mass is 19.1. The summed E-state index contributed by atoms with van der Waals surface area (Å²) in [6, 6.07) is 11.8. The highest BCUT2D eigenvalue weighted by molar-refractivity contribution is 5.78. The first-order valence-electron chi connectivity index (χ1n) is 6.99. The molecule has 5 heteroatoms. The fourth-order valence-corrected chi connectivity index (χ4v) is 1.78. The standard InChI is InChI=1S/C18H15F2NO2/c19-15-9-7-14(8-10-15)13-18(22)21-11-3-4-12-23-17-6-2-1-5-16(17)20/h1-2,5-10H,11-13H2,(H,21,22). The van der Waals surface area contributed by atoms with Crippen LogP contribution in [0, 0.1) is 23.5 Å². The third-order valence-electron chi connectivity index (χ3n) is 2.91. The van der Waals surface area contributed by atoms with Crippen molar-refractivity contribution < 1.29 is 18.3 Å². The summed E-state index contributed by atoms with van der Waals surface area (Å²) >= 11 is 0. The summed E-state index contributed by atoms with van der Waals surface area (Å²) in [5, 5.41) is 2.62. The van der Waals surface area contributed by atoms with Crippen LogP contribution in [-0.4, -0.2) is 19.1 Å². The van der Waals surface area contributed by atoms with Gasteiger partial charge in [0.1, 0.15) is 12.4 Å². The molecule has 0 radical (unpaired) electrons. The molecule has 0 unspecified atom stereocenters. The zero-order valence-electron chi connectivity index (χ0n) is 12.3. The van der Waals surface area contributed by atoms with Crippen LogP contribution in [0.15, 0.2) is 48.5 Å². The molecule has 3 nitrogen and oxygen atoms in total. The van der Waals surface area contributed by atoms with Gasteiger partial charge in [-0.15, -0.1) is 0 Å². The van der Waals surface area contributed by atoms with E-state index < -0.39 is 5.82 Å². The maximum absolute atomic E-state index is 13.2. The van der Waals surface area contributed by atoms with Crippen LogP contribution in [0.25, 0.3) is 0 Å². The number of benzene rings is 2. The average molecular weight is 315 g/mol. The van der Waals surface area contributed by atoms with Gasteiger partial charge in [0.05, 0.1) is 13.0 Å². The van der Waals surface area contributed by atoms with Crippen LogP contribution in [-0.2, 0) is 11.2 Å². The lowest BCUT2D eigenvalue weighted by Crippen LogP contribution is -2.25. The summed E-state index contributed by atoms with van der Waals surface area (Å²) < 4.78 is 31.1. The molecule has 1 N–H and O–H groups in total. The second-order valence-electron chi connectivity index (χ2n) is 4.65. The molecule has 0 heterocycles. The molecule has 0 fully saturated rings. The van der Waals surface area contributed by atoms with Gasteiger partial charge >= 0.3 is 0 Å². The van der Waals surface area contributed by atoms with Gasteiger partial charge in [0.2, 0.25) is 5.91 Å². The lowest BCUT2D eigenvalue weighted by molar-refractivity contribution is -0.120. The fourth-order valence-electron chi connectivity index (χ4n) is 1.78. The number of nitrogens with one attached hydrogen (secondary N) is 1. The van der Waals surface area contributed by atoms with Gasteiger partial charge in [-0.05, 0) is 29.8 Å². The van der Waals surface area contributed by atoms with Gasteiger partial charge in [-0.3, -0.25) is 4.79 Å². The smallest absolute Gasteiger partial charge is 0.225 e. The molecule has 0 aliphatic heterocycles. The van der Waals surface area contributed by atoms with E-state index >= 15 is 0 Å². The third-order valence-corrected chi connectivity index (χ3v) is 2.91. The number of amides is 1. The Kier molecular flexibility index (Phi) is 6.13. The highest BCUT2D eigenvalue weighted by Crippen LogP contribution is 2.14. The molecule has 0 saturated heterocycles. The van der Waals surface area contributed by atoms with Crippen molar-refractivity contribution in [1.29, 1.82) is 0 Å². The zero-order chi connectivity index (χ0) is 16.5. The summed E-state index contributed by atoms with van der Waals surface area (Å²) in [4.78, 5) is 11.6. The Balaban J connectivity index is 1.68. The van der Waals surface area contributed by atoms with Crippen LogP contribution < -0.4 is 10.1 Å². The average Bonchev–Trinajstić information content (AvgIpc) is 2.54. The number of ether oxygens (including phenoxy) is 1. The molecule has 0 spiro atoms. The van der Waals surface area contributed by atoms with Gasteiger partial charge < -0.3 is 10.1 Å². The van der Waals surface area contributed by atoms with E-state index in [1.54, 1.807) is 24.3 Å². The van der Waals surface area contributed by atoms with Gasteiger partial charge in [-0.25, -0.2) is 8.78 Å². The van der Waals surface area contributed by atoms with Gasteiger partial charge in [-0.1, -0.05) is 36.1 Å². The summed E-state index contributed by atoms with van der Waals surface area (Å²) in [6.45, 7) is 0.204. The summed E-state index contributed by atoms with van der Waals surface area (Å²) in [5.41, 5.74) is 0.722. The van der Waals surface area contributed by atoms with E-state index in [9.17, 15) is 13.6 Å². The van der Waals surface area contributed by atoms with E-state index in [-0.39, 0.29) is 37.0 Å². The molecule has 23 heavy (non-hydrogen) atoms. The molecular weight excluding hydrogens is 300 g/mol. The van der Waals surface area contributed by atoms with Crippen molar-refractivity contribution in [3.8, 4) is 17.6 Å². The quantitative estimate of drug-likeness (QED) is 0.862. The molecule has 118 valence electrons. The normalized spacial score (nSPS) is 9.65. The van der Waals surface area contributed by atoms with E-state index in [1.165, 1.54) is 24.3 Å². The first kappa shape index (κ1) is 16.5.